The Morgan fingerprint density at radius 3 is 2.62 bits per heavy atom. The van der Waals surface area contributed by atoms with Crippen molar-refractivity contribution in [2.75, 3.05) is 0 Å². The van der Waals surface area contributed by atoms with Gasteiger partial charge in [0.25, 0.3) is 5.91 Å². The average Bonchev–Trinajstić information content (AvgIpc) is 2.49. The normalized spacial score (nSPS) is 11.5. The third kappa shape index (κ3) is 4.11. The molecule has 21 heavy (non-hydrogen) atoms. The van der Waals surface area contributed by atoms with Crippen molar-refractivity contribution in [1.82, 2.24) is 10.3 Å². The number of hydrogen-bond donors (Lipinski definition) is 1. The van der Waals surface area contributed by atoms with Crippen molar-refractivity contribution in [3.8, 4) is 6.07 Å². The van der Waals surface area contributed by atoms with E-state index in [1.807, 2.05) is 13.0 Å². The molecule has 0 saturated carbocycles. The van der Waals surface area contributed by atoms with E-state index < -0.39 is 0 Å². The molecule has 0 spiro atoms. The molecule has 0 fully saturated rings. The zero-order chi connectivity index (χ0) is 15.2. The second-order valence-electron chi connectivity index (χ2n) is 4.75. The third-order valence-corrected chi connectivity index (χ3v) is 2.96. The van der Waals surface area contributed by atoms with Gasteiger partial charge < -0.3 is 5.32 Å². The fraction of sp³-hybridized carbons (Fsp3) is 0.188. The molecule has 1 atom stereocenters. The van der Waals surface area contributed by atoms with Gasteiger partial charge in [0.2, 0.25) is 0 Å². The van der Waals surface area contributed by atoms with Gasteiger partial charge in [-0.1, -0.05) is 12.1 Å². The first kappa shape index (κ1) is 14.7. The van der Waals surface area contributed by atoms with Crippen LogP contribution >= 0.6 is 0 Å². The van der Waals surface area contributed by atoms with Crippen LogP contribution < -0.4 is 5.32 Å². The largest absolute Gasteiger partial charge is 0.348 e. The van der Waals surface area contributed by atoms with Gasteiger partial charge in [-0.05, 0) is 43.2 Å². The van der Waals surface area contributed by atoms with Crippen molar-refractivity contribution in [3.05, 3.63) is 65.2 Å². The first-order valence-corrected chi connectivity index (χ1v) is 6.50. The predicted octanol–water partition coefficient (Wildman–Crippen LogP) is 2.45. The molecule has 0 aliphatic heterocycles. The zero-order valence-corrected chi connectivity index (χ0v) is 11.5. The summed E-state index contributed by atoms with van der Waals surface area (Å²) >= 11 is 0. The Bertz CT molecular complexity index is 659. The Hall–Kier alpha value is -2.74. The summed E-state index contributed by atoms with van der Waals surface area (Å²) in [5.41, 5.74) is 1.61. The number of hydrogen-bond acceptors (Lipinski definition) is 3. The highest BCUT2D eigenvalue weighted by Crippen LogP contribution is 2.06. The molecule has 1 unspecified atom stereocenters. The number of pyridine rings is 1. The quantitative estimate of drug-likeness (QED) is 0.937. The van der Waals surface area contributed by atoms with Crippen molar-refractivity contribution < 1.29 is 9.18 Å². The van der Waals surface area contributed by atoms with Crippen LogP contribution in [0.3, 0.4) is 0 Å². The van der Waals surface area contributed by atoms with E-state index >= 15 is 0 Å². The number of rotatable bonds is 4. The fourth-order valence-corrected chi connectivity index (χ4v) is 1.92. The number of carbonyl (C=O) groups excluding carboxylic acids is 1. The lowest BCUT2D eigenvalue weighted by Crippen LogP contribution is -2.34. The van der Waals surface area contributed by atoms with Crippen molar-refractivity contribution in [2.24, 2.45) is 0 Å². The van der Waals surface area contributed by atoms with E-state index in [4.69, 9.17) is 5.26 Å². The summed E-state index contributed by atoms with van der Waals surface area (Å²) in [6.45, 7) is 1.87. The molecular formula is C16H14FN3O. The SMILES string of the molecule is CC(Cc1ccc(F)cc1)NC(=O)c1ccc(C#N)cn1. The van der Waals surface area contributed by atoms with Crippen molar-refractivity contribution in [3.63, 3.8) is 0 Å². The highest BCUT2D eigenvalue weighted by Gasteiger charge is 2.11. The summed E-state index contributed by atoms with van der Waals surface area (Å²) in [5.74, 6) is -0.577. The first-order valence-electron chi connectivity index (χ1n) is 6.50. The Balaban J connectivity index is 1.95. The Morgan fingerprint density at radius 2 is 2.05 bits per heavy atom. The molecule has 4 nitrogen and oxygen atoms in total. The lowest BCUT2D eigenvalue weighted by atomic mass is 10.1. The molecular weight excluding hydrogens is 269 g/mol. The van der Waals surface area contributed by atoms with Crippen LogP contribution in [-0.2, 0) is 6.42 Å². The molecule has 2 aromatic rings. The van der Waals surface area contributed by atoms with E-state index in [0.717, 1.165) is 5.56 Å². The number of carbonyl (C=O) groups is 1. The van der Waals surface area contributed by atoms with E-state index in [1.54, 1.807) is 18.2 Å². The van der Waals surface area contributed by atoms with Gasteiger partial charge in [0.15, 0.2) is 0 Å². The molecule has 1 aromatic carbocycles. The molecule has 0 aliphatic carbocycles. The van der Waals surface area contributed by atoms with Crippen molar-refractivity contribution in [1.29, 1.82) is 5.26 Å². The highest BCUT2D eigenvalue weighted by molar-refractivity contribution is 5.92. The molecule has 0 aliphatic rings. The summed E-state index contributed by atoms with van der Waals surface area (Å²) in [6, 6.07) is 11.1. The number of nitriles is 1. The molecule has 0 saturated heterocycles. The fourth-order valence-electron chi connectivity index (χ4n) is 1.92. The summed E-state index contributed by atoms with van der Waals surface area (Å²) < 4.78 is 12.8. The molecule has 1 amide bonds. The molecule has 2 rings (SSSR count). The minimum absolute atomic E-state index is 0.111. The van der Waals surface area contributed by atoms with Crippen LogP contribution in [0.1, 0.15) is 28.5 Å². The van der Waals surface area contributed by atoms with Crippen LogP contribution in [0.25, 0.3) is 0 Å². The van der Waals surface area contributed by atoms with Crippen LogP contribution in [0.5, 0.6) is 0 Å². The molecule has 1 N–H and O–H groups in total. The Labute approximate surface area is 122 Å². The minimum atomic E-state index is -0.297. The first-order chi connectivity index (χ1) is 10.1. The summed E-state index contributed by atoms with van der Waals surface area (Å²) in [7, 11) is 0. The molecule has 5 heteroatoms. The van der Waals surface area contributed by atoms with E-state index in [-0.39, 0.29) is 23.5 Å². The second-order valence-corrected chi connectivity index (χ2v) is 4.75. The Kier molecular flexibility index (Phi) is 4.62. The maximum absolute atomic E-state index is 12.8. The van der Waals surface area contributed by atoms with Crippen LogP contribution in [0, 0.1) is 17.1 Å². The lowest BCUT2D eigenvalue weighted by molar-refractivity contribution is 0.0935. The highest BCUT2D eigenvalue weighted by atomic mass is 19.1. The molecule has 1 heterocycles. The Morgan fingerprint density at radius 1 is 1.33 bits per heavy atom. The van der Waals surface area contributed by atoms with Crippen LogP contribution in [-0.4, -0.2) is 16.9 Å². The van der Waals surface area contributed by atoms with Crippen LogP contribution in [0.4, 0.5) is 4.39 Å². The number of halogens is 1. The number of amides is 1. The summed E-state index contributed by atoms with van der Waals surface area (Å²) in [5, 5.41) is 11.5. The standard InChI is InChI=1S/C16H14FN3O/c1-11(8-12-2-5-14(17)6-3-12)20-16(21)15-7-4-13(9-18)10-19-15/h2-7,10-11H,8H2,1H3,(H,20,21). The number of benzene rings is 1. The zero-order valence-electron chi connectivity index (χ0n) is 11.5. The molecule has 0 radical (unpaired) electrons. The number of aromatic nitrogens is 1. The second kappa shape index (κ2) is 6.62. The minimum Gasteiger partial charge on any atom is -0.348 e. The average molecular weight is 283 g/mol. The van der Waals surface area contributed by atoms with Crippen LogP contribution in [0.2, 0.25) is 0 Å². The molecule has 1 aromatic heterocycles. The number of nitrogens with zero attached hydrogens (tertiary/aromatic N) is 2. The van der Waals surface area contributed by atoms with Gasteiger partial charge in [0.1, 0.15) is 17.6 Å². The van der Waals surface area contributed by atoms with Gasteiger partial charge in [-0.3, -0.25) is 4.79 Å². The smallest absolute Gasteiger partial charge is 0.270 e. The summed E-state index contributed by atoms with van der Waals surface area (Å²) in [4.78, 5) is 15.9. The van der Waals surface area contributed by atoms with E-state index in [0.29, 0.717) is 12.0 Å². The topological polar surface area (TPSA) is 65.8 Å². The van der Waals surface area contributed by atoms with Gasteiger partial charge in [0, 0.05) is 12.2 Å². The van der Waals surface area contributed by atoms with Gasteiger partial charge in [-0.15, -0.1) is 0 Å². The number of nitrogens with one attached hydrogen (secondary N) is 1. The van der Waals surface area contributed by atoms with Gasteiger partial charge in [-0.2, -0.15) is 5.26 Å². The predicted molar refractivity (Wildman–Crippen MR) is 76.0 cm³/mol. The maximum Gasteiger partial charge on any atom is 0.270 e. The summed E-state index contributed by atoms with van der Waals surface area (Å²) in [6.07, 6.45) is 1.96. The van der Waals surface area contributed by atoms with Gasteiger partial charge >= 0.3 is 0 Å². The molecule has 0 bridgehead atoms. The third-order valence-electron chi connectivity index (χ3n) is 2.96. The monoisotopic (exact) mass is 283 g/mol. The maximum atomic E-state index is 12.8. The van der Waals surface area contributed by atoms with Gasteiger partial charge in [-0.25, -0.2) is 9.37 Å². The van der Waals surface area contributed by atoms with Crippen molar-refractivity contribution in [2.45, 2.75) is 19.4 Å². The van der Waals surface area contributed by atoms with E-state index in [2.05, 4.69) is 10.3 Å². The lowest BCUT2D eigenvalue weighted by Gasteiger charge is -2.13. The van der Waals surface area contributed by atoms with E-state index in [9.17, 15) is 9.18 Å². The van der Waals surface area contributed by atoms with Crippen LogP contribution in [0.15, 0.2) is 42.6 Å². The molecule has 106 valence electrons. The van der Waals surface area contributed by atoms with E-state index in [1.165, 1.54) is 24.4 Å². The van der Waals surface area contributed by atoms with Crippen molar-refractivity contribution >= 4 is 5.91 Å². The van der Waals surface area contributed by atoms with Gasteiger partial charge in [0.05, 0.1) is 5.56 Å².